The summed E-state index contributed by atoms with van der Waals surface area (Å²) in [7, 11) is 1.59. The van der Waals surface area contributed by atoms with Gasteiger partial charge in [0.2, 0.25) is 5.91 Å². The molecule has 1 aromatic heterocycles. The molecular weight excluding hydrogens is 308 g/mol. The van der Waals surface area contributed by atoms with E-state index in [4.69, 9.17) is 9.15 Å². The molecule has 0 aliphatic carbocycles. The Bertz CT molecular complexity index is 537. The van der Waals surface area contributed by atoms with E-state index in [2.05, 4.69) is 19.2 Å². The van der Waals surface area contributed by atoms with Crippen molar-refractivity contribution in [3.8, 4) is 0 Å². The molecule has 0 aromatic carbocycles. The molecule has 0 aliphatic heterocycles. The van der Waals surface area contributed by atoms with Gasteiger partial charge in [-0.1, -0.05) is 13.8 Å². The minimum absolute atomic E-state index is 0.0361. The first-order valence-corrected chi connectivity index (χ1v) is 8.47. The molecule has 0 radical (unpaired) electrons. The van der Waals surface area contributed by atoms with Crippen LogP contribution in [0.25, 0.3) is 0 Å². The third-order valence-corrected chi connectivity index (χ3v) is 3.78. The van der Waals surface area contributed by atoms with Crippen molar-refractivity contribution in [2.24, 2.45) is 5.92 Å². The molecule has 1 N–H and O–H groups in total. The van der Waals surface area contributed by atoms with Gasteiger partial charge in [-0.2, -0.15) is 0 Å². The Morgan fingerprint density at radius 1 is 1.29 bits per heavy atom. The maximum absolute atomic E-state index is 12.7. The molecule has 1 heterocycles. The van der Waals surface area contributed by atoms with Gasteiger partial charge < -0.3 is 19.4 Å². The molecule has 0 unspecified atom stereocenters. The third-order valence-electron chi connectivity index (χ3n) is 3.78. The number of nitrogens with one attached hydrogen (secondary N) is 1. The van der Waals surface area contributed by atoms with Crippen LogP contribution in [0.5, 0.6) is 0 Å². The predicted molar refractivity (Wildman–Crippen MR) is 93.0 cm³/mol. The van der Waals surface area contributed by atoms with Gasteiger partial charge in [0.15, 0.2) is 0 Å². The molecule has 0 spiro atoms. The number of nitrogens with zero attached hydrogens (tertiary/aromatic N) is 1. The molecule has 0 fully saturated rings. The van der Waals surface area contributed by atoms with E-state index in [9.17, 15) is 9.59 Å². The smallest absolute Gasteiger partial charge is 0.257 e. The van der Waals surface area contributed by atoms with Gasteiger partial charge >= 0.3 is 0 Å². The quantitative estimate of drug-likeness (QED) is 0.711. The number of methoxy groups -OCH3 is 1. The monoisotopic (exact) mass is 338 g/mol. The van der Waals surface area contributed by atoms with Crippen LogP contribution >= 0.6 is 0 Å². The number of furan rings is 1. The number of aryl methyl sites for hydroxylation is 2. The lowest BCUT2D eigenvalue weighted by atomic mass is 10.1. The highest BCUT2D eigenvalue weighted by Crippen LogP contribution is 2.16. The van der Waals surface area contributed by atoms with E-state index in [0.29, 0.717) is 49.2 Å². The maximum Gasteiger partial charge on any atom is 0.257 e. The zero-order valence-electron chi connectivity index (χ0n) is 15.5. The second-order valence-electron chi connectivity index (χ2n) is 6.39. The van der Waals surface area contributed by atoms with Crippen LogP contribution in [-0.4, -0.2) is 50.1 Å². The van der Waals surface area contributed by atoms with Gasteiger partial charge in [-0.3, -0.25) is 9.59 Å². The summed E-state index contributed by atoms with van der Waals surface area (Å²) in [6, 6.07) is 1.74. The van der Waals surface area contributed by atoms with Crippen molar-refractivity contribution >= 4 is 11.8 Å². The lowest BCUT2D eigenvalue weighted by molar-refractivity contribution is -0.121. The Morgan fingerprint density at radius 2 is 2.00 bits per heavy atom. The molecule has 24 heavy (non-hydrogen) atoms. The van der Waals surface area contributed by atoms with E-state index in [1.807, 2.05) is 6.92 Å². The molecule has 1 rings (SSSR count). The minimum Gasteiger partial charge on any atom is -0.466 e. The fraction of sp³-hybridized carbons (Fsp3) is 0.667. The average molecular weight is 338 g/mol. The largest absolute Gasteiger partial charge is 0.466 e. The van der Waals surface area contributed by atoms with E-state index >= 15 is 0 Å². The summed E-state index contributed by atoms with van der Waals surface area (Å²) < 4.78 is 10.5. The van der Waals surface area contributed by atoms with E-state index < -0.39 is 0 Å². The Morgan fingerprint density at radius 3 is 2.54 bits per heavy atom. The van der Waals surface area contributed by atoms with E-state index in [-0.39, 0.29) is 18.2 Å². The van der Waals surface area contributed by atoms with Crippen molar-refractivity contribution in [2.75, 3.05) is 33.4 Å². The highest BCUT2D eigenvalue weighted by Gasteiger charge is 2.21. The second kappa shape index (κ2) is 10.1. The number of hydrogen-bond acceptors (Lipinski definition) is 4. The van der Waals surface area contributed by atoms with E-state index in [0.717, 1.165) is 6.42 Å². The van der Waals surface area contributed by atoms with Crippen LogP contribution in [0.15, 0.2) is 10.5 Å². The van der Waals surface area contributed by atoms with Crippen LogP contribution in [0.4, 0.5) is 0 Å². The minimum atomic E-state index is -0.128. The van der Waals surface area contributed by atoms with Gasteiger partial charge in [0.05, 0.1) is 12.2 Å². The molecule has 0 saturated carbocycles. The van der Waals surface area contributed by atoms with E-state index in [1.54, 1.807) is 25.0 Å². The van der Waals surface area contributed by atoms with Crippen LogP contribution in [-0.2, 0) is 9.53 Å². The number of amides is 2. The van der Waals surface area contributed by atoms with Crippen LogP contribution in [0.2, 0.25) is 0 Å². The van der Waals surface area contributed by atoms with Crippen molar-refractivity contribution in [1.29, 1.82) is 0 Å². The Hall–Kier alpha value is -1.82. The van der Waals surface area contributed by atoms with Gasteiger partial charge in [0.25, 0.3) is 5.91 Å². The predicted octanol–water partition coefficient (Wildman–Crippen LogP) is 2.54. The molecule has 0 atom stereocenters. The first-order valence-electron chi connectivity index (χ1n) is 8.47. The fourth-order valence-electron chi connectivity index (χ4n) is 2.36. The molecule has 136 valence electrons. The van der Waals surface area contributed by atoms with Gasteiger partial charge in [-0.05, 0) is 32.3 Å². The number of hydrogen-bond donors (Lipinski definition) is 1. The van der Waals surface area contributed by atoms with Gasteiger partial charge in [-0.25, -0.2) is 0 Å². The molecule has 1 aromatic rings. The number of carbonyl (C=O) groups excluding carboxylic acids is 2. The number of rotatable bonds is 10. The molecule has 0 bridgehead atoms. The summed E-state index contributed by atoms with van der Waals surface area (Å²) in [6.07, 6.45) is 1.23. The van der Waals surface area contributed by atoms with Crippen molar-refractivity contribution < 1.29 is 18.7 Å². The average Bonchev–Trinajstić information content (AvgIpc) is 2.85. The van der Waals surface area contributed by atoms with Crippen molar-refractivity contribution in [1.82, 2.24) is 10.2 Å². The van der Waals surface area contributed by atoms with Crippen molar-refractivity contribution in [2.45, 2.75) is 40.5 Å². The fourth-order valence-corrected chi connectivity index (χ4v) is 2.36. The SMILES string of the molecule is COCCN(CCC(=O)NCCC(C)C)C(=O)c1cc(C)oc1C. The number of carbonyl (C=O) groups is 2. The molecular formula is C18H30N2O4. The number of ether oxygens (including phenoxy) is 1. The summed E-state index contributed by atoms with van der Waals surface area (Å²) in [5, 5.41) is 2.89. The third kappa shape index (κ3) is 6.74. The van der Waals surface area contributed by atoms with Gasteiger partial charge in [-0.15, -0.1) is 0 Å². The van der Waals surface area contributed by atoms with E-state index in [1.165, 1.54) is 0 Å². The second-order valence-corrected chi connectivity index (χ2v) is 6.39. The normalized spacial score (nSPS) is 10.9. The van der Waals surface area contributed by atoms with Crippen molar-refractivity contribution in [3.63, 3.8) is 0 Å². The van der Waals surface area contributed by atoms with Crippen LogP contribution < -0.4 is 5.32 Å². The summed E-state index contributed by atoms with van der Waals surface area (Å²) in [6.45, 7) is 9.72. The van der Waals surface area contributed by atoms with Crippen LogP contribution in [0.1, 0.15) is 48.6 Å². The zero-order valence-corrected chi connectivity index (χ0v) is 15.5. The summed E-state index contributed by atoms with van der Waals surface area (Å²) >= 11 is 0. The first kappa shape index (κ1) is 20.2. The lowest BCUT2D eigenvalue weighted by Gasteiger charge is -2.22. The van der Waals surface area contributed by atoms with Crippen LogP contribution in [0, 0.1) is 19.8 Å². The molecule has 6 nitrogen and oxygen atoms in total. The van der Waals surface area contributed by atoms with Gasteiger partial charge in [0, 0.05) is 33.2 Å². The summed E-state index contributed by atoms with van der Waals surface area (Å²) in [5.41, 5.74) is 0.545. The topological polar surface area (TPSA) is 71.8 Å². The highest BCUT2D eigenvalue weighted by molar-refractivity contribution is 5.95. The highest BCUT2D eigenvalue weighted by atomic mass is 16.5. The van der Waals surface area contributed by atoms with Crippen LogP contribution in [0.3, 0.4) is 0 Å². The zero-order chi connectivity index (χ0) is 18.1. The Balaban J connectivity index is 2.60. The maximum atomic E-state index is 12.7. The summed E-state index contributed by atoms with van der Waals surface area (Å²) in [4.78, 5) is 26.3. The lowest BCUT2D eigenvalue weighted by Crippen LogP contribution is -2.37. The first-order chi connectivity index (χ1) is 11.3. The standard InChI is InChI=1S/C18H30N2O4/c1-13(2)6-8-19-17(21)7-9-20(10-11-23-5)18(22)16-12-14(3)24-15(16)4/h12-13H,6-11H2,1-5H3,(H,19,21). The molecule has 6 heteroatoms. The van der Waals surface area contributed by atoms with Gasteiger partial charge in [0.1, 0.15) is 11.5 Å². The molecule has 2 amide bonds. The Labute approximate surface area is 144 Å². The molecule has 0 saturated heterocycles. The van der Waals surface area contributed by atoms with Crippen molar-refractivity contribution in [3.05, 3.63) is 23.2 Å². The Kier molecular flexibility index (Phi) is 8.54. The molecule has 0 aliphatic rings. The summed E-state index contributed by atoms with van der Waals surface area (Å²) in [5.74, 6) is 1.69.